The Kier molecular flexibility index (Phi) is 5.28. The van der Waals surface area contributed by atoms with E-state index in [-0.39, 0.29) is 11.5 Å². The maximum atomic E-state index is 13.0. The Hall–Kier alpha value is -3.11. The quantitative estimate of drug-likeness (QED) is 0.726. The van der Waals surface area contributed by atoms with Crippen LogP contribution in [0.15, 0.2) is 36.5 Å². The zero-order chi connectivity index (χ0) is 19.6. The van der Waals surface area contributed by atoms with E-state index in [0.717, 1.165) is 11.4 Å². The van der Waals surface area contributed by atoms with Gasteiger partial charge >= 0.3 is 0 Å². The first kappa shape index (κ1) is 18.7. The van der Waals surface area contributed by atoms with Gasteiger partial charge in [-0.15, -0.1) is 0 Å². The predicted octanol–water partition coefficient (Wildman–Crippen LogP) is 3.80. The molecule has 0 fully saturated rings. The summed E-state index contributed by atoms with van der Waals surface area (Å²) in [7, 11) is 0. The Morgan fingerprint density at radius 2 is 2.04 bits per heavy atom. The number of aryl methyl sites for hydroxylation is 1. The summed E-state index contributed by atoms with van der Waals surface area (Å²) in [6.07, 6.45) is 1.95. The Morgan fingerprint density at radius 1 is 1.33 bits per heavy atom. The molecule has 1 amide bonds. The molecule has 0 saturated heterocycles. The topological polar surface area (TPSA) is 88.5 Å². The highest BCUT2D eigenvalue weighted by Crippen LogP contribution is 2.26. The first-order valence-electron chi connectivity index (χ1n) is 8.53. The van der Waals surface area contributed by atoms with Crippen molar-refractivity contribution in [2.75, 3.05) is 5.32 Å². The number of benzene rings is 1. The third-order valence-corrected chi connectivity index (χ3v) is 4.90. The van der Waals surface area contributed by atoms with Crippen molar-refractivity contribution >= 4 is 23.3 Å². The first-order chi connectivity index (χ1) is 13.0. The average Bonchev–Trinajstić information content (AvgIpc) is 3.19. The van der Waals surface area contributed by atoms with Crippen LogP contribution in [0.3, 0.4) is 0 Å². The molecule has 8 heteroatoms. The van der Waals surface area contributed by atoms with Gasteiger partial charge in [-0.3, -0.25) is 9.48 Å². The Morgan fingerprint density at radius 3 is 2.59 bits per heavy atom. The number of hydrogen-bond donors (Lipinski definition) is 1. The summed E-state index contributed by atoms with van der Waals surface area (Å²) in [4.78, 5) is 13.0. The Labute approximate surface area is 162 Å². The van der Waals surface area contributed by atoms with Crippen molar-refractivity contribution in [3.8, 4) is 11.8 Å². The van der Waals surface area contributed by atoms with Gasteiger partial charge in [0.2, 0.25) is 5.91 Å². The lowest BCUT2D eigenvalue weighted by atomic mass is 10.2. The molecule has 3 rings (SSSR count). The number of hydrogen-bond acceptors (Lipinski definition) is 4. The number of nitrogens with zero attached hydrogens (tertiary/aromatic N) is 5. The fourth-order valence-electron chi connectivity index (χ4n) is 2.93. The standard InChI is InChI=1S/C19H19ClN6O/c1-4-16(25-13(3)17(20)12(2)24-25)19(27)23-18-14(10-21)11-22-26(18)15-8-6-5-7-9-15/h5-9,11,16H,4H2,1-3H3,(H,23,27). The van der Waals surface area contributed by atoms with Crippen LogP contribution in [0.2, 0.25) is 5.02 Å². The first-order valence-corrected chi connectivity index (χ1v) is 8.91. The minimum absolute atomic E-state index is 0.283. The second kappa shape index (κ2) is 7.64. The van der Waals surface area contributed by atoms with E-state index in [9.17, 15) is 10.1 Å². The van der Waals surface area contributed by atoms with Crippen LogP contribution in [0.5, 0.6) is 0 Å². The van der Waals surface area contributed by atoms with Gasteiger partial charge < -0.3 is 5.32 Å². The number of aromatic nitrogens is 4. The molecule has 0 spiro atoms. The molecular weight excluding hydrogens is 364 g/mol. The summed E-state index contributed by atoms with van der Waals surface area (Å²) in [6.45, 7) is 5.52. The van der Waals surface area contributed by atoms with E-state index in [1.54, 1.807) is 11.6 Å². The van der Waals surface area contributed by atoms with Crippen LogP contribution >= 0.6 is 11.6 Å². The fraction of sp³-hybridized carbons (Fsp3) is 0.263. The fourth-order valence-corrected chi connectivity index (χ4v) is 3.06. The van der Waals surface area contributed by atoms with Crippen LogP contribution < -0.4 is 5.32 Å². The van der Waals surface area contributed by atoms with Crippen LogP contribution in [-0.2, 0) is 4.79 Å². The molecule has 0 aliphatic heterocycles. The molecule has 0 saturated carbocycles. The lowest BCUT2D eigenvalue weighted by molar-refractivity contribution is -0.119. The van der Waals surface area contributed by atoms with Gasteiger partial charge in [0.25, 0.3) is 0 Å². The molecule has 2 aromatic heterocycles. The van der Waals surface area contributed by atoms with E-state index in [2.05, 4.69) is 21.6 Å². The summed E-state index contributed by atoms with van der Waals surface area (Å²) < 4.78 is 3.17. The van der Waals surface area contributed by atoms with Crippen molar-refractivity contribution < 1.29 is 4.79 Å². The number of amides is 1. The monoisotopic (exact) mass is 382 g/mol. The highest BCUT2D eigenvalue weighted by molar-refractivity contribution is 6.31. The molecular formula is C19H19ClN6O. The van der Waals surface area contributed by atoms with Gasteiger partial charge in [-0.05, 0) is 32.4 Å². The smallest absolute Gasteiger partial charge is 0.250 e. The zero-order valence-corrected chi connectivity index (χ0v) is 16.0. The van der Waals surface area contributed by atoms with Crippen molar-refractivity contribution in [3.05, 3.63) is 58.5 Å². The lowest BCUT2D eigenvalue weighted by Crippen LogP contribution is -2.28. The molecule has 138 valence electrons. The molecule has 1 atom stereocenters. The van der Waals surface area contributed by atoms with Crippen LogP contribution in [0.25, 0.3) is 5.69 Å². The van der Waals surface area contributed by atoms with Gasteiger partial charge in [0.05, 0.1) is 28.3 Å². The molecule has 1 aromatic carbocycles. The molecule has 0 bridgehead atoms. The number of halogens is 1. The molecule has 27 heavy (non-hydrogen) atoms. The van der Waals surface area contributed by atoms with Crippen molar-refractivity contribution in [3.63, 3.8) is 0 Å². The number of rotatable bonds is 5. The average molecular weight is 383 g/mol. The van der Waals surface area contributed by atoms with Gasteiger partial charge in [0.15, 0.2) is 5.82 Å². The summed E-state index contributed by atoms with van der Waals surface area (Å²) >= 11 is 6.23. The zero-order valence-electron chi connectivity index (χ0n) is 15.3. The number of carbonyl (C=O) groups is 1. The van der Waals surface area contributed by atoms with Crippen molar-refractivity contribution in [1.82, 2.24) is 19.6 Å². The van der Waals surface area contributed by atoms with Gasteiger partial charge in [-0.1, -0.05) is 36.7 Å². The van der Waals surface area contributed by atoms with Crippen molar-refractivity contribution in [2.24, 2.45) is 0 Å². The SMILES string of the molecule is CCC(C(=O)Nc1c(C#N)cnn1-c1ccccc1)n1nc(C)c(Cl)c1C. The van der Waals surface area contributed by atoms with Gasteiger partial charge in [0.1, 0.15) is 17.7 Å². The van der Waals surface area contributed by atoms with E-state index >= 15 is 0 Å². The minimum atomic E-state index is -0.554. The minimum Gasteiger partial charge on any atom is -0.308 e. The Balaban J connectivity index is 1.97. The summed E-state index contributed by atoms with van der Waals surface area (Å²) in [5.41, 5.74) is 2.44. The summed E-state index contributed by atoms with van der Waals surface area (Å²) in [6, 6.07) is 10.8. The number of carbonyl (C=O) groups excluding carboxylic acids is 1. The van der Waals surface area contributed by atoms with E-state index in [4.69, 9.17) is 11.6 Å². The van der Waals surface area contributed by atoms with Gasteiger partial charge in [-0.25, -0.2) is 4.68 Å². The van der Waals surface area contributed by atoms with Crippen LogP contribution in [0, 0.1) is 25.2 Å². The molecule has 1 unspecified atom stereocenters. The second-order valence-corrected chi connectivity index (χ2v) is 6.49. The highest BCUT2D eigenvalue weighted by Gasteiger charge is 2.25. The number of para-hydroxylation sites is 1. The maximum Gasteiger partial charge on any atom is 0.250 e. The third kappa shape index (κ3) is 3.44. The largest absolute Gasteiger partial charge is 0.308 e. The van der Waals surface area contributed by atoms with E-state index in [0.29, 0.717) is 23.0 Å². The molecule has 0 aliphatic rings. The van der Waals surface area contributed by atoms with E-state index in [1.165, 1.54) is 10.9 Å². The Bertz CT molecular complexity index is 1010. The van der Waals surface area contributed by atoms with Gasteiger partial charge in [-0.2, -0.15) is 15.5 Å². The van der Waals surface area contributed by atoms with Gasteiger partial charge in [0, 0.05) is 0 Å². The van der Waals surface area contributed by atoms with Crippen LogP contribution in [-0.4, -0.2) is 25.5 Å². The summed E-state index contributed by atoms with van der Waals surface area (Å²) in [5, 5.41) is 21.4. The third-order valence-electron chi connectivity index (χ3n) is 4.35. The molecule has 7 nitrogen and oxygen atoms in total. The maximum absolute atomic E-state index is 13.0. The predicted molar refractivity (Wildman–Crippen MR) is 103 cm³/mol. The molecule has 3 aromatic rings. The molecule has 2 heterocycles. The van der Waals surface area contributed by atoms with Crippen molar-refractivity contribution in [2.45, 2.75) is 33.2 Å². The van der Waals surface area contributed by atoms with Crippen molar-refractivity contribution in [1.29, 1.82) is 5.26 Å². The van der Waals surface area contributed by atoms with Crippen LogP contribution in [0.4, 0.5) is 5.82 Å². The van der Waals surface area contributed by atoms with Crippen LogP contribution in [0.1, 0.15) is 36.3 Å². The number of nitrogens with one attached hydrogen (secondary N) is 1. The molecule has 0 radical (unpaired) electrons. The molecule has 0 aliphatic carbocycles. The summed E-state index contributed by atoms with van der Waals surface area (Å²) in [5.74, 6) is 0.0497. The second-order valence-electron chi connectivity index (χ2n) is 6.11. The lowest BCUT2D eigenvalue weighted by Gasteiger charge is -2.18. The highest BCUT2D eigenvalue weighted by atomic mass is 35.5. The normalized spacial score (nSPS) is 11.8. The van der Waals surface area contributed by atoms with E-state index < -0.39 is 6.04 Å². The van der Waals surface area contributed by atoms with E-state index in [1.807, 2.05) is 44.2 Å². The number of nitriles is 1. The number of anilines is 1. The molecule has 1 N–H and O–H groups in total.